The second-order valence-electron chi connectivity index (χ2n) is 5.47. The highest BCUT2D eigenvalue weighted by atomic mass is 19.1. The summed E-state index contributed by atoms with van der Waals surface area (Å²) in [6.45, 7) is 2.63. The highest BCUT2D eigenvalue weighted by molar-refractivity contribution is 5.76. The Morgan fingerprint density at radius 1 is 1.27 bits per heavy atom. The fraction of sp³-hybridized carbons (Fsp3) is 0.333. The van der Waals surface area contributed by atoms with Gasteiger partial charge >= 0.3 is 0 Å². The summed E-state index contributed by atoms with van der Waals surface area (Å²) in [4.78, 5) is 16.0. The number of pyridine rings is 1. The standard InChI is InChI=1S/C18H21FN2O/c1-14(16-6-8-17(19)9-7-16)12-18(22)21-11-3-5-15-4-2-10-20-13-15/h2,4,6-10,13-14H,3,5,11-12H2,1H3,(H,21,22). The zero-order valence-electron chi connectivity index (χ0n) is 12.8. The van der Waals surface area contributed by atoms with Crippen LogP contribution in [0, 0.1) is 5.82 Å². The van der Waals surface area contributed by atoms with Crippen LogP contribution >= 0.6 is 0 Å². The van der Waals surface area contributed by atoms with Crippen molar-refractivity contribution in [3.63, 3.8) is 0 Å². The fourth-order valence-corrected chi connectivity index (χ4v) is 2.33. The van der Waals surface area contributed by atoms with Crippen LogP contribution in [0.25, 0.3) is 0 Å². The first kappa shape index (κ1) is 16.1. The molecule has 116 valence electrons. The predicted molar refractivity (Wildman–Crippen MR) is 85.0 cm³/mol. The Kier molecular flexibility index (Phi) is 6.07. The van der Waals surface area contributed by atoms with Crippen LogP contribution in [-0.4, -0.2) is 17.4 Å². The Bertz CT molecular complexity index is 584. The van der Waals surface area contributed by atoms with Crippen molar-refractivity contribution in [2.75, 3.05) is 6.54 Å². The van der Waals surface area contributed by atoms with Crippen LogP contribution in [0.5, 0.6) is 0 Å². The number of hydrogen-bond acceptors (Lipinski definition) is 2. The van der Waals surface area contributed by atoms with Crippen LogP contribution in [0.4, 0.5) is 4.39 Å². The second kappa shape index (κ2) is 8.27. The van der Waals surface area contributed by atoms with E-state index < -0.39 is 0 Å². The molecule has 0 fully saturated rings. The Hall–Kier alpha value is -2.23. The molecule has 4 heteroatoms. The molecule has 1 amide bonds. The van der Waals surface area contributed by atoms with Gasteiger partial charge in [0.2, 0.25) is 5.91 Å². The average molecular weight is 300 g/mol. The van der Waals surface area contributed by atoms with E-state index in [9.17, 15) is 9.18 Å². The number of amides is 1. The lowest BCUT2D eigenvalue weighted by molar-refractivity contribution is -0.121. The van der Waals surface area contributed by atoms with E-state index in [0.29, 0.717) is 13.0 Å². The SMILES string of the molecule is CC(CC(=O)NCCCc1cccnc1)c1ccc(F)cc1. The third-order valence-electron chi connectivity index (χ3n) is 3.62. The van der Waals surface area contributed by atoms with Crippen LogP contribution < -0.4 is 5.32 Å². The van der Waals surface area contributed by atoms with Gasteiger partial charge < -0.3 is 5.32 Å². The van der Waals surface area contributed by atoms with E-state index >= 15 is 0 Å². The highest BCUT2D eigenvalue weighted by Gasteiger charge is 2.10. The first-order chi connectivity index (χ1) is 10.6. The van der Waals surface area contributed by atoms with Gasteiger partial charge in [0.1, 0.15) is 5.82 Å². The molecule has 1 N–H and O–H groups in total. The molecule has 0 spiro atoms. The molecule has 0 radical (unpaired) electrons. The van der Waals surface area contributed by atoms with Gasteiger partial charge in [-0.2, -0.15) is 0 Å². The number of hydrogen-bond donors (Lipinski definition) is 1. The third-order valence-corrected chi connectivity index (χ3v) is 3.62. The van der Waals surface area contributed by atoms with Crippen molar-refractivity contribution in [2.24, 2.45) is 0 Å². The van der Waals surface area contributed by atoms with E-state index in [1.54, 1.807) is 18.3 Å². The number of halogens is 1. The maximum absolute atomic E-state index is 12.9. The monoisotopic (exact) mass is 300 g/mol. The van der Waals surface area contributed by atoms with Gasteiger partial charge in [-0.1, -0.05) is 25.1 Å². The Labute approximate surface area is 130 Å². The largest absolute Gasteiger partial charge is 0.356 e. The minimum atomic E-state index is -0.254. The number of aromatic nitrogens is 1. The lowest BCUT2D eigenvalue weighted by Gasteiger charge is -2.12. The van der Waals surface area contributed by atoms with Crippen molar-refractivity contribution in [1.29, 1.82) is 0 Å². The molecule has 3 nitrogen and oxygen atoms in total. The molecule has 2 rings (SSSR count). The van der Waals surface area contributed by atoms with Gasteiger partial charge in [0.05, 0.1) is 0 Å². The van der Waals surface area contributed by atoms with Gasteiger partial charge in [-0.3, -0.25) is 9.78 Å². The van der Waals surface area contributed by atoms with Crippen LogP contribution in [0.2, 0.25) is 0 Å². The summed E-state index contributed by atoms with van der Waals surface area (Å²) >= 11 is 0. The predicted octanol–water partition coefficient (Wildman–Crippen LogP) is 3.46. The summed E-state index contributed by atoms with van der Waals surface area (Å²) in [5.41, 5.74) is 2.16. The summed E-state index contributed by atoms with van der Waals surface area (Å²) in [6.07, 6.45) is 5.81. The van der Waals surface area contributed by atoms with Gasteiger partial charge in [-0.25, -0.2) is 4.39 Å². The van der Waals surface area contributed by atoms with Crippen molar-refractivity contribution in [2.45, 2.75) is 32.1 Å². The molecule has 1 atom stereocenters. The number of aryl methyl sites for hydroxylation is 1. The quantitative estimate of drug-likeness (QED) is 0.796. The van der Waals surface area contributed by atoms with Crippen LogP contribution in [0.1, 0.15) is 36.8 Å². The molecular weight excluding hydrogens is 279 g/mol. The topological polar surface area (TPSA) is 42.0 Å². The smallest absolute Gasteiger partial charge is 0.220 e. The second-order valence-corrected chi connectivity index (χ2v) is 5.47. The molecule has 0 aliphatic carbocycles. The molecule has 1 unspecified atom stereocenters. The van der Waals surface area contributed by atoms with Crippen molar-refractivity contribution in [3.8, 4) is 0 Å². The number of carbonyl (C=O) groups is 1. The van der Waals surface area contributed by atoms with E-state index in [1.165, 1.54) is 17.7 Å². The zero-order chi connectivity index (χ0) is 15.8. The molecule has 1 heterocycles. The van der Waals surface area contributed by atoms with Crippen molar-refractivity contribution in [1.82, 2.24) is 10.3 Å². The first-order valence-electron chi connectivity index (χ1n) is 7.56. The fourth-order valence-electron chi connectivity index (χ4n) is 2.33. The number of nitrogens with one attached hydrogen (secondary N) is 1. The molecule has 22 heavy (non-hydrogen) atoms. The van der Waals surface area contributed by atoms with Crippen LogP contribution in [0.15, 0.2) is 48.8 Å². The lowest BCUT2D eigenvalue weighted by Crippen LogP contribution is -2.25. The van der Waals surface area contributed by atoms with Crippen molar-refractivity contribution < 1.29 is 9.18 Å². The summed E-state index contributed by atoms with van der Waals surface area (Å²) in [7, 11) is 0. The maximum Gasteiger partial charge on any atom is 0.220 e. The van der Waals surface area contributed by atoms with Crippen molar-refractivity contribution in [3.05, 3.63) is 65.7 Å². The van der Waals surface area contributed by atoms with Gasteiger partial charge in [0, 0.05) is 25.4 Å². The van der Waals surface area contributed by atoms with Crippen LogP contribution in [-0.2, 0) is 11.2 Å². The maximum atomic E-state index is 12.9. The molecule has 0 aliphatic heterocycles. The molecule has 0 saturated heterocycles. The zero-order valence-corrected chi connectivity index (χ0v) is 12.8. The number of benzene rings is 1. The van der Waals surface area contributed by atoms with E-state index in [4.69, 9.17) is 0 Å². The summed E-state index contributed by atoms with van der Waals surface area (Å²) in [5, 5.41) is 2.93. The van der Waals surface area contributed by atoms with Gasteiger partial charge in [-0.15, -0.1) is 0 Å². The van der Waals surface area contributed by atoms with Crippen LogP contribution in [0.3, 0.4) is 0 Å². The van der Waals surface area contributed by atoms with Gasteiger partial charge in [-0.05, 0) is 48.1 Å². The molecular formula is C18H21FN2O. The molecule has 2 aromatic rings. The van der Waals surface area contributed by atoms with E-state index in [-0.39, 0.29) is 17.6 Å². The average Bonchev–Trinajstić information content (AvgIpc) is 2.53. The summed E-state index contributed by atoms with van der Waals surface area (Å²) < 4.78 is 12.9. The number of nitrogens with zero attached hydrogens (tertiary/aromatic N) is 1. The van der Waals surface area contributed by atoms with Gasteiger partial charge in [0.15, 0.2) is 0 Å². The summed E-state index contributed by atoms with van der Waals surface area (Å²) in [6, 6.07) is 10.3. The van der Waals surface area contributed by atoms with E-state index in [1.807, 2.05) is 25.3 Å². The Morgan fingerprint density at radius 2 is 2.05 bits per heavy atom. The number of rotatable bonds is 7. The minimum absolute atomic E-state index is 0.0306. The first-order valence-corrected chi connectivity index (χ1v) is 7.56. The normalized spacial score (nSPS) is 11.9. The Balaban J connectivity index is 1.68. The van der Waals surface area contributed by atoms with Gasteiger partial charge in [0.25, 0.3) is 0 Å². The number of carbonyl (C=O) groups excluding carboxylic acids is 1. The highest BCUT2D eigenvalue weighted by Crippen LogP contribution is 2.18. The molecule has 0 aliphatic rings. The minimum Gasteiger partial charge on any atom is -0.356 e. The molecule has 1 aromatic carbocycles. The van der Waals surface area contributed by atoms with E-state index in [2.05, 4.69) is 10.3 Å². The lowest BCUT2D eigenvalue weighted by atomic mass is 9.97. The summed E-state index contributed by atoms with van der Waals surface area (Å²) in [5.74, 6) is -0.141. The Morgan fingerprint density at radius 3 is 2.73 bits per heavy atom. The van der Waals surface area contributed by atoms with E-state index in [0.717, 1.165) is 18.4 Å². The molecule has 1 aromatic heterocycles. The third kappa shape index (κ3) is 5.28. The molecule has 0 saturated carbocycles. The van der Waals surface area contributed by atoms with Crippen molar-refractivity contribution >= 4 is 5.91 Å². The molecule has 0 bridgehead atoms.